The number of carbonyl (C=O) groups is 2. The standard InChI is InChI=1S/C23H20N2O4/c1-15(22(26)27)25(16-10-12-24-13-11-16)23(28)29-14-21-19-8-4-2-6-17(19)18-7-3-5-9-20(18)21/h2-13,15,21H,14H2,1H3,(H,26,27). The van der Waals surface area contributed by atoms with Gasteiger partial charge in [0, 0.05) is 18.3 Å². The Morgan fingerprint density at radius 1 is 1.00 bits per heavy atom. The molecule has 0 saturated heterocycles. The molecule has 1 atom stereocenters. The largest absolute Gasteiger partial charge is 0.480 e. The van der Waals surface area contributed by atoms with Gasteiger partial charge in [0.1, 0.15) is 12.6 Å². The minimum Gasteiger partial charge on any atom is -0.480 e. The average molecular weight is 388 g/mol. The van der Waals surface area contributed by atoms with Crippen LogP contribution < -0.4 is 4.90 Å². The first-order chi connectivity index (χ1) is 14.1. The van der Waals surface area contributed by atoms with Gasteiger partial charge >= 0.3 is 12.1 Å². The lowest BCUT2D eigenvalue weighted by atomic mass is 9.98. The summed E-state index contributed by atoms with van der Waals surface area (Å²) in [5.74, 6) is -1.21. The molecule has 1 unspecified atom stereocenters. The highest BCUT2D eigenvalue weighted by Crippen LogP contribution is 2.44. The van der Waals surface area contributed by atoms with Crippen molar-refractivity contribution >= 4 is 17.7 Å². The van der Waals surface area contributed by atoms with Gasteiger partial charge in [-0.2, -0.15) is 0 Å². The predicted molar refractivity (Wildman–Crippen MR) is 109 cm³/mol. The molecule has 0 fully saturated rings. The zero-order valence-corrected chi connectivity index (χ0v) is 15.9. The number of hydrogen-bond acceptors (Lipinski definition) is 4. The fraction of sp³-hybridized carbons (Fsp3) is 0.174. The Hall–Kier alpha value is -3.67. The lowest BCUT2D eigenvalue weighted by Crippen LogP contribution is -2.44. The SMILES string of the molecule is CC(C(=O)O)N(C(=O)OCC1c2ccccc2-c2ccccc21)c1ccncc1. The first kappa shape index (κ1) is 18.7. The Kier molecular flexibility index (Phi) is 4.99. The monoisotopic (exact) mass is 388 g/mol. The topological polar surface area (TPSA) is 79.7 Å². The molecule has 146 valence electrons. The molecule has 0 radical (unpaired) electrons. The number of carboxylic acids is 1. The number of carbonyl (C=O) groups excluding carboxylic acids is 1. The van der Waals surface area contributed by atoms with E-state index in [9.17, 15) is 14.7 Å². The molecule has 2 aromatic carbocycles. The highest BCUT2D eigenvalue weighted by atomic mass is 16.6. The number of rotatable bonds is 5. The van der Waals surface area contributed by atoms with Crippen LogP contribution in [0.5, 0.6) is 0 Å². The van der Waals surface area contributed by atoms with Crippen LogP contribution in [0.3, 0.4) is 0 Å². The Morgan fingerprint density at radius 3 is 2.10 bits per heavy atom. The summed E-state index contributed by atoms with van der Waals surface area (Å²) in [4.78, 5) is 29.5. The number of benzene rings is 2. The zero-order valence-electron chi connectivity index (χ0n) is 15.9. The summed E-state index contributed by atoms with van der Waals surface area (Å²) in [5.41, 5.74) is 4.89. The second-order valence-electron chi connectivity index (χ2n) is 6.89. The van der Waals surface area contributed by atoms with Gasteiger partial charge in [-0.1, -0.05) is 48.5 Å². The van der Waals surface area contributed by atoms with Crippen molar-refractivity contribution < 1.29 is 19.4 Å². The lowest BCUT2D eigenvalue weighted by Gasteiger charge is -2.26. The van der Waals surface area contributed by atoms with Crippen LogP contribution in [-0.4, -0.2) is 34.8 Å². The molecule has 4 rings (SSSR count). The molecule has 6 nitrogen and oxygen atoms in total. The molecule has 1 heterocycles. The van der Waals surface area contributed by atoms with E-state index in [0.717, 1.165) is 27.2 Å². The summed E-state index contributed by atoms with van der Waals surface area (Å²) < 4.78 is 5.63. The molecule has 1 amide bonds. The predicted octanol–water partition coefficient (Wildman–Crippen LogP) is 4.31. The number of fused-ring (bicyclic) bond motifs is 3. The molecule has 1 aromatic heterocycles. The van der Waals surface area contributed by atoms with Crippen molar-refractivity contribution in [3.63, 3.8) is 0 Å². The number of ether oxygens (including phenoxy) is 1. The molecule has 1 aliphatic carbocycles. The minimum absolute atomic E-state index is 0.0919. The normalized spacial score (nSPS) is 13.3. The van der Waals surface area contributed by atoms with E-state index in [1.807, 2.05) is 36.4 Å². The fourth-order valence-corrected chi connectivity index (χ4v) is 3.77. The van der Waals surface area contributed by atoms with E-state index in [0.29, 0.717) is 5.69 Å². The van der Waals surface area contributed by atoms with Gasteiger partial charge in [0.2, 0.25) is 0 Å². The fourth-order valence-electron chi connectivity index (χ4n) is 3.77. The molecule has 1 aliphatic rings. The second kappa shape index (κ2) is 7.75. The number of aliphatic carboxylic acids is 1. The van der Waals surface area contributed by atoms with Crippen LogP contribution in [0.1, 0.15) is 24.0 Å². The molecule has 6 heteroatoms. The molecular formula is C23H20N2O4. The van der Waals surface area contributed by atoms with E-state index in [2.05, 4.69) is 17.1 Å². The third-order valence-corrected chi connectivity index (χ3v) is 5.22. The van der Waals surface area contributed by atoms with Crippen LogP contribution in [0, 0.1) is 0 Å². The van der Waals surface area contributed by atoms with E-state index in [1.54, 1.807) is 12.1 Å². The maximum atomic E-state index is 12.9. The maximum absolute atomic E-state index is 12.9. The summed E-state index contributed by atoms with van der Waals surface area (Å²) in [5, 5.41) is 9.44. The van der Waals surface area contributed by atoms with E-state index in [1.165, 1.54) is 19.3 Å². The molecule has 3 aromatic rings. The quantitative estimate of drug-likeness (QED) is 0.704. The number of nitrogens with zero attached hydrogens (tertiary/aromatic N) is 2. The van der Waals surface area contributed by atoms with E-state index in [4.69, 9.17) is 4.74 Å². The summed E-state index contributed by atoms with van der Waals surface area (Å²) in [6.07, 6.45) is 2.31. The van der Waals surface area contributed by atoms with Gasteiger partial charge < -0.3 is 9.84 Å². The van der Waals surface area contributed by atoms with Crippen LogP contribution in [0.2, 0.25) is 0 Å². The van der Waals surface area contributed by atoms with Crippen molar-refractivity contribution in [2.45, 2.75) is 18.9 Å². The molecule has 0 bridgehead atoms. The van der Waals surface area contributed by atoms with Gasteiger partial charge in [0.05, 0.1) is 5.69 Å². The Balaban J connectivity index is 1.59. The van der Waals surface area contributed by atoms with Crippen LogP contribution in [0.25, 0.3) is 11.1 Å². The molecular weight excluding hydrogens is 368 g/mol. The van der Waals surface area contributed by atoms with Crippen molar-refractivity contribution in [3.05, 3.63) is 84.2 Å². The third-order valence-electron chi connectivity index (χ3n) is 5.22. The molecule has 29 heavy (non-hydrogen) atoms. The summed E-state index contributed by atoms with van der Waals surface area (Å²) >= 11 is 0. The van der Waals surface area contributed by atoms with E-state index >= 15 is 0 Å². The number of hydrogen-bond donors (Lipinski definition) is 1. The van der Waals surface area contributed by atoms with Gasteiger partial charge in [0.25, 0.3) is 0 Å². The van der Waals surface area contributed by atoms with Gasteiger partial charge in [-0.15, -0.1) is 0 Å². The van der Waals surface area contributed by atoms with E-state index < -0.39 is 18.1 Å². The Labute approximate surface area is 168 Å². The average Bonchev–Trinajstić information content (AvgIpc) is 3.07. The van der Waals surface area contributed by atoms with Crippen molar-refractivity contribution in [2.24, 2.45) is 0 Å². The summed E-state index contributed by atoms with van der Waals surface area (Å²) in [6, 6.07) is 18.2. The smallest absolute Gasteiger partial charge is 0.415 e. The third kappa shape index (κ3) is 3.45. The maximum Gasteiger partial charge on any atom is 0.415 e. The first-order valence-corrected chi connectivity index (χ1v) is 9.35. The highest BCUT2D eigenvalue weighted by molar-refractivity contribution is 5.95. The number of aromatic nitrogens is 1. The first-order valence-electron chi connectivity index (χ1n) is 9.35. The van der Waals surface area contributed by atoms with Crippen molar-refractivity contribution in [2.75, 3.05) is 11.5 Å². The van der Waals surface area contributed by atoms with Gasteiger partial charge in [-0.3, -0.25) is 9.88 Å². The Morgan fingerprint density at radius 2 is 1.55 bits per heavy atom. The van der Waals surface area contributed by atoms with Gasteiger partial charge in [0.15, 0.2) is 0 Å². The van der Waals surface area contributed by atoms with Gasteiger partial charge in [-0.25, -0.2) is 9.59 Å². The number of carboxylic acid groups (broad SMARTS) is 1. The second-order valence-corrected chi connectivity index (χ2v) is 6.89. The molecule has 0 aliphatic heterocycles. The zero-order chi connectivity index (χ0) is 20.4. The Bertz CT molecular complexity index is 1010. The molecule has 0 saturated carbocycles. The van der Waals surface area contributed by atoms with Crippen molar-refractivity contribution in [1.82, 2.24) is 4.98 Å². The lowest BCUT2D eigenvalue weighted by molar-refractivity contribution is -0.138. The summed E-state index contributed by atoms with van der Waals surface area (Å²) in [6.45, 7) is 1.57. The molecule has 0 spiro atoms. The van der Waals surface area contributed by atoms with Crippen LogP contribution in [0.4, 0.5) is 10.5 Å². The molecule has 1 N–H and O–H groups in total. The van der Waals surface area contributed by atoms with Gasteiger partial charge in [-0.05, 0) is 41.3 Å². The van der Waals surface area contributed by atoms with Crippen molar-refractivity contribution in [1.29, 1.82) is 0 Å². The van der Waals surface area contributed by atoms with E-state index in [-0.39, 0.29) is 12.5 Å². The highest BCUT2D eigenvalue weighted by Gasteiger charge is 2.32. The van der Waals surface area contributed by atoms with Crippen molar-refractivity contribution in [3.8, 4) is 11.1 Å². The summed E-state index contributed by atoms with van der Waals surface area (Å²) in [7, 11) is 0. The number of amides is 1. The van der Waals surface area contributed by atoms with Crippen LogP contribution in [-0.2, 0) is 9.53 Å². The minimum atomic E-state index is -1.12. The number of anilines is 1. The number of pyridine rings is 1. The van der Waals surface area contributed by atoms with Crippen LogP contribution in [0.15, 0.2) is 73.1 Å². The van der Waals surface area contributed by atoms with Crippen LogP contribution >= 0.6 is 0 Å².